The first-order valence-corrected chi connectivity index (χ1v) is 9.65. The molecule has 0 radical (unpaired) electrons. The summed E-state index contributed by atoms with van der Waals surface area (Å²) in [5, 5.41) is 4.18. The first kappa shape index (κ1) is 20.0. The van der Waals surface area contributed by atoms with Crippen molar-refractivity contribution >= 4 is 11.8 Å². The average molecular weight is 386 g/mol. The van der Waals surface area contributed by atoms with Crippen molar-refractivity contribution in [3.05, 3.63) is 53.6 Å². The fraction of sp³-hybridized carbons (Fsp3) is 0.476. The van der Waals surface area contributed by atoms with Crippen molar-refractivity contribution in [3.63, 3.8) is 0 Å². The van der Waals surface area contributed by atoms with Crippen LogP contribution in [0.25, 0.3) is 0 Å². The minimum Gasteiger partial charge on any atom is -0.338 e. The highest BCUT2D eigenvalue weighted by molar-refractivity contribution is 5.80. The van der Waals surface area contributed by atoms with Crippen molar-refractivity contribution in [2.75, 3.05) is 13.1 Å². The van der Waals surface area contributed by atoms with Gasteiger partial charge in [-0.3, -0.25) is 14.3 Å². The molecule has 0 saturated carbocycles. The lowest BCUT2D eigenvalue weighted by Gasteiger charge is -2.34. The van der Waals surface area contributed by atoms with Gasteiger partial charge in [0.15, 0.2) is 0 Å². The number of benzene rings is 1. The molecule has 6 nitrogen and oxygen atoms in total. The summed E-state index contributed by atoms with van der Waals surface area (Å²) in [6.07, 6.45) is 1.96. The molecule has 1 aliphatic heterocycles. The normalized spacial score (nSPS) is 17.9. The van der Waals surface area contributed by atoms with Gasteiger partial charge in [-0.15, -0.1) is 0 Å². The van der Waals surface area contributed by atoms with E-state index >= 15 is 0 Å². The predicted octanol–water partition coefficient (Wildman–Crippen LogP) is 2.62. The summed E-state index contributed by atoms with van der Waals surface area (Å²) in [5.41, 5.74) is 1.81. The highest BCUT2D eigenvalue weighted by Gasteiger charge is 2.33. The summed E-state index contributed by atoms with van der Waals surface area (Å²) in [6.45, 7) is 7.51. The number of halogens is 1. The Morgan fingerprint density at radius 1 is 1.25 bits per heavy atom. The molecule has 2 amide bonds. The molecule has 1 aliphatic rings. The Hall–Kier alpha value is -2.70. The summed E-state index contributed by atoms with van der Waals surface area (Å²) in [4.78, 5) is 29.3. The maximum absolute atomic E-state index is 13.2. The third-order valence-electron chi connectivity index (χ3n) is 5.33. The second-order valence-corrected chi connectivity index (χ2v) is 7.68. The Bertz CT molecular complexity index is 831. The second-order valence-electron chi connectivity index (χ2n) is 7.68. The van der Waals surface area contributed by atoms with E-state index in [1.165, 1.54) is 12.1 Å². The van der Waals surface area contributed by atoms with Crippen molar-refractivity contribution in [2.45, 2.75) is 46.3 Å². The number of nitrogens with zero attached hydrogens (tertiary/aromatic N) is 4. The fourth-order valence-corrected chi connectivity index (χ4v) is 3.56. The topological polar surface area (TPSA) is 58.4 Å². The van der Waals surface area contributed by atoms with Crippen molar-refractivity contribution in [2.24, 2.45) is 5.92 Å². The maximum atomic E-state index is 13.2. The number of amides is 2. The Morgan fingerprint density at radius 2 is 1.96 bits per heavy atom. The van der Waals surface area contributed by atoms with Crippen LogP contribution in [0, 0.1) is 18.7 Å². The minimum atomic E-state index is -0.294. The zero-order valence-corrected chi connectivity index (χ0v) is 16.6. The van der Waals surface area contributed by atoms with Crippen LogP contribution in [0.2, 0.25) is 0 Å². The SMILES string of the molecule is Cc1ccnn1CC(=O)N1CCC(=O)N(Cc2ccc(F)cc2)C(C(C)C)C1. The molecule has 1 aromatic carbocycles. The van der Waals surface area contributed by atoms with Gasteiger partial charge in [-0.2, -0.15) is 5.10 Å². The molecule has 1 fully saturated rings. The van der Waals surface area contributed by atoms with Gasteiger partial charge in [-0.05, 0) is 36.6 Å². The summed E-state index contributed by atoms with van der Waals surface area (Å²) < 4.78 is 14.9. The number of carbonyl (C=O) groups excluding carboxylic acids is 2. The molecule has 7 heteroatoms. The van der Waals surface area contributed by atoms with E-state index in [1.54, 1.807) is 27.9 Å². The highest BCUT2D eigenvalue weighted by atomic mass is 19.1. The minimum absolute atomic E-state index is 0.0218. The number of aromatic nitrogens is 2. The summed E-state index contributed by atoms with van der Waals surface area (Å²) in [6, 6.07) is 7.99. The van der Waals surface area contributed by atoms with Gasteiger partial charge in [0.1, 0.15) is 12.4 Å². The quantitative estimate of drug-likeness (QED) is 0.794. The summed E-state index contributed by atoms with van der Waals surface area (Å²) in [5.74, 6) is -0.122. The fourth-order valence-electron chi connectivity index (χ4n) is 3.56. The summed E-state index contributed by atoms with van der Waals surface area (Å²) >= 11 is 0. The molecule has 0 spiro atoms. The van der Waals surface area contributed by atoms with Gasteiger partial charge < -0.3 is 9.80 Å². The van der Waals surface area contributed by atoms with Crippen molar-refractivity contribution in [1.29, 1.82) is 0 Å². The maximum Gasteiger partial charge on any atom is 0.244 e. The van der Waals surface area contributed by atoms with E-state index < -0.39 is 0 Å². The molecule has 0 bridgehead atoms. The Morgan fingerprint density at radius 3 is 2.57 bits per heavy atom. The standard InChI is InChI=1S/C21H27FN4O2/c1-15(2)19-13-24(21(28)14-26-16(3)8-10-23-26)11-9-20(27)25(19)12-17-4-6-18(22)7-5-17/h4-8,10,15,19H,9,11-14H2,1-3H3. The molecule has 2 aromatic rings. The van der Waals surface area contributed by atoms with Crippen LogP contribution in [0.1, 0.15) is 31.5 Å². The molecule has 150 valence electrons. The monoisotopic (exact) mass is 386 g/mol. The molecule has 3 rings (SSSR count). The molecule has 0 aliphatic carbocycles. The Kier molecular flexibility index (Phi) is 6.11. The van der Waals surface area contributed by atoms with Gasteiger partial charge in [-0.25, -0.2) is 4.39 Å². The lowest BCUT2D eigenvalue weighted by molar-refractivity contribution is -0.134. The Labute approximate surface area is 164 Å². The average Bonchev–Trinajstić information content (AvgIpc) is 2.97. The van der Waals surface area contributed by atoms with Crippen LogP contribution in [-0.4, -0.2) is 50.5 Å². The zero-order chi connectivity index (χ0) is 20.3. The third kappa shape index (κ3) is 4.58. The lowest BCUT2D eigenvalue weighted by atomic mass is 10.0. The first-order valence-electron chi connectivity index (χ1n) is 9.65. The van der Waals surface area contributed by atoms with Gasteiger partial charge in [-0.1, -0.05) is 26.0 Å². The molecule has 1 saturated heterocycles. The molecule has 1 aromatic heterocycles. The van der Waals surface area contributed by atoms with E-state index in [9.17, 15) is 14.0 Å². The van der Waals surface area contributed by atoms with Crippen LogP contribution in [0.15, 0.2) is 36.5 Å². The molecule has 1 unspecified atom stereocenters. The van der Waals surface area contributed by atoms with Crippen LogP contribution >= 0.6 is 0 Å². The molecule has 2 heterocycles. The van der Waals surface area contributed by atoms with Crippen LogP contribution in [0.5, 0.6) is 0 Å². The van der Waals surface area contributed by atoms with Gasteiger partial charge in [0.2, 0.25) is 11.8 Å². The molecule has 1 atom stereocenters. The molecular formula is C21H27FN4O2. The largest absolute Gasteiger partial charge is 0.338 e. The van der Waals surface area contributed by atoms with Crippen molar-refractivity contribution in [1.82, 2.24) is 19.6 Å². The van der Waals surface area contributed by atoms with E-state index in [0.29, 0.717) is 19.6 Å². The molecular weight excluding hydrogens is 359 g/mol. The van der Waals surface area contributed by atoms with Gasteiger partial charge in [0, 0.05) is 37.9 Å². The van der Waals surface area contributed by atoms with Crippen LogP contribution in [-0.2, 0) is 22.7 Å². The summed E-state index contributed by atoms with van der Waals surface area (Å²) in [7, 11) is 0. The van der Waals surface area contributed by atoms with Crippen molar-refractivity contribution < 1.29 is 14.0 Å². The van der Waals surface area contributed by atoms with Crippen LogP contribution in [0.3, 0.4) is 0 Å². The number of hydrogen-bond acceptors (Lipinski definition) is 3. The third-order valence-corrected chi connectivity index (χ3v) is 5.33. The van der Waals surface area contributed by atoms with E-state index in [1.807, 2.05) is 17.9 Å². The highest BCUT2D eigenvalue weighted by Crippen LogP contribution is 2.21. The molecule has 28 heavy (non-hydrogen) atoms. The van der Waals surface area contributed by atoms with Gasteiger partial charge >= 0.3 is 0 Å². The van der Waals surface area contributed by atoms with E-state index in [2.05, 4.69) is 18.9 Å². The van der Waals surface area contributed by atoms with E-state index in [0.717, 1.165) is 11.3 Å². The van der Waals surface area contributed by atoms with Gasteiger partial charge in [0.25, 0.3) is 0 Å². The van der Waals surface area contributed by atoms with Crippen LogP contribution in [0.4, 0.5) is 4.39 Å². The van der Waals surface area contributed by atoms with Crippen molar-refractivity contribution in [3.8, 4) is 0 Å². The Balaban J connectivity index is 1.76. The number of carbonyl (C=O) groups is 2. The number of hydrogen-bond donors (Lipinski definition) is 0. The smallest absolute Gasteiger partial charge is 0.244 e. The number of rotatable bonds is 5. The second kappa shape index (κ2) is 8.54. The zero-order valence-electron chi connectivity index (χ0n) is 16.6. The molecule has 0 N–H and O–H groups in total. The lowest BCUT2D eigenvalue weighted by Crippen LogP contribution is -2.47. The van der Waals surface area contributed by atoms with Gasteiger partial charge in [0.05, 0.1) is 6.04 Å². The van der Waals surface area contributed by atoms with E-state index in [4.69, 9.17) is 0 Å². The van der Waals surface area contributed by atoms with E-state index in [-0.39, 0.29) is 42.6 Å². The number of aryl methyl sites for hydroxylation is 1. The predicted molar refractivity (Wildman–Crippen MR) is 104 cm³/mol. The van der Waals surface area contributed by atoms with Crippen LogP contribution < -0.4 is 0 Å². The first-order chi connectivity index (χ1) is 13.3.